The topological polar surface area (TPSA) is 99.2 Å². The third kappa shape index (κ3) is 5.41. The van der Waals surface area contributed by atoms with Gasteiger partial charge in [0.25, 0.3) is 0 Å². The van der Waals surface area contributed by atoms with Crippen molar-refractivity contribution in [2.45, 2.75) is 45.0 Å². The van der Waals surface area contributed by atoms with Gasteiger partial charge in [-0.05, 0) is 40.5 Å². The molecule has 2 aromatic carbocycles. The van der Waals surface area contributed by atoms with E-state index in [2.05, 4.69) is 73.3 Å². The zero-order chi connectivity index (χ0) is 22.3. The third-order valence-electron chi connectivity index (χ3n) is 5.17. The van der Waals surface area contributed by atoms with Crippen LogP contribution >= 0.6 is 11.8 Å². The summed E-state index contributed by atoms with van der Waals surface area (Å²) in [4.78, 5) is 16.0. The van der Waals surface area contributed by atoms with Crippen molar-refractivity contribution in [3.63, 3.8) is 0 Å². The predicted molar refractivity (Wildman–Crippen MR) is 128 cm³/mol. The number of aromatic amines is 1. The van der Waals surface area contributed by atoms with Gasteiger partial charge in [-0.3, -0.25) is 14.8 Å². The largest absolute Gasteiger partial charge is 0.298 e. The highest BCUT2D eigenvalue weighted by Crippen LogP contribution is 2.31. The fraction of sp³-hybridized carbons (Fsp3) is 0.348. The van der Waals surface area contributed by atoms with E-state index in [1.165, 1.54) is 0 Å². The van der Waals surface area contributed by atoms with Gasteiger partial charge in [0.2, 0.25) is 0 Å². The summed E-state index contributed by atoms with van der Waals surface area (Å²) in [5.74, 6) is 0.715. The van der Waals surface area contributed by atoms with Crippen molar-refractivity contribution in [1.82, 2.24) is 31.1 Å². The molecule has 0 bridgehead atoms. The quantitative estimate of drug-likeness (QED) is 0.508. The molecule has 2 heterocycles. The summed E-state index contributed by atoms with van der Waals surface area (Å²) in [6, 6.07) is 16.5. The minimum absolute atomic E-state index is 0.0695. The van der Waals surface area contributed by atoms with Gasteiger partial charge in [-0.2, -0.15) is 0 Å². The summed E-state index contributed by atoms with van der Waals surface area (Å²) in [6.45, 7) is 4.66. The van der Waals surface area contributed by atoms with Crippen molar-refractivity contribution in [2.24, 2.45) is 4.99 Å². The Hall–Kier alpha value is -3.04. The van der Waals surface area contributed by atoms with E-state index >= 15 is 0 Å². The highest BCUT2D eigenvalue weighted by atomic mass is 32.2. The number of tetrazole rings is 1. The Balaban J connectivity index is 1.51. The lowest BCUT2D eigenvalue weighted by Gasteiger charge is -2.19. The molecule has 32 heavy (non-hydrogen) atoms. The Morgan fingerprint density at radius 1 is 1.16 bits per heavy atom. The fourth-order valence-corrected chi connectivity index (χ4v) is 4.66. The van der Waals surface area contributed by atoms with Gasteiger partial charge in [-0.15, -0.1) is 5.10 Å². The predicted octanol–water partition coefficient (Wildman–Crippen LogP) is 4.05. The lowest BCUT2D eigenvalue weighted by Crippen LogP contribution is -2.37. The number of Topliss-reactive ketones (excluding diaryl/α,β-unsaturated/α-hetero) is 1. The Labute approximate surface area is 191 Å². The van der Waals surface area contributed by atoms with Crippen molar-refractivity contribution in [3.05, 3.63) is 54.1 Å². The van der Waals surface area contributed by atoms with Gasteiger partial charge in [0, 0.05) is 5.56 Å². The zero-order valence-electron chi connectivity index (χ0n) is 18.3. The molecule has 1 fully saturated rings. The van der Waals surface area contributed by atoms with Gasteiger partial charge in [-0.25, -0.2) is 10.5 Å². The average molecular weight is 450 g/mol. The molecule has 1 aliphatic rings. The van der Waals surface area contributed by atoms with E-state index in [0.717, 1.165) is 46.7 Å². The molecule has 1 atom stereocenters. The van der Waals surface area contributed by atoms with E-state index in [1.54, 1.807) is 18.7 Å². The van der Waals surface area contributed by atoms with Crippen molar-refractivity contribution in [2.75, 3.05) is 6.54 Å². The van der Waals surface area contributed by atoms with E-state index in [0.29, 0.717) is 17.7 Å². The first-order valence-corrected chi connectivity index (χ1v) is 11.7. The molecular weight excluding hydrogens is 422 g/mol. The van der Waals surface area contributed by atoms with Crippen molar-refractivity contribution < 1.29 is 4.79 Å². The van der Waals surface area contributed by atoms with Crippen LogP contribution in [0.1, 0.15) is 38.7 Å². The fourth-order valence-electron chi connectivity index (χ4n) is 3.56. The summed E-state index contributed by atoms with van der Waals surface area (Å²) in [5.41, 5.74) is 7.83. The first-order chi connectivity index (χ1) is 15.6. The summed E-state index contributed by atoms with van der Waals surface area (Å²) >= 11 is 1.71. The number of hydrogen-bond acceptors (Lipinski definition) is 7. The molecular formula is C23H27N7OS. The highest BCUT2D eigenvalue weighted by Gasteiger charge is 2.28. The van der Waals surface area contributed by atoms with Crippen LogP contribution in [0.4, 0.5) is 0 Å². The van der Waals surface area contributed by atoms with Crippen LogP contribution in [-0.2, 0) is 11.3 Å². The van der Waals surface area contributed by atoms with E-state index < -0.39 is 0 Å². The number of rotatable bonds is 9. The molecule has 4 rings (SSSR count). The number of carbonyl (C=O) groups is 1. The number of hydrogen-bond donors (Lipinski definition) is 2. The number of aromatic nitrogens is 4. The van der Waals surface area contributed by atoms with E-state index in [1.807, 2.05) is 18.2 Å². The number of thioether (sulfide) groups is 1. The molecule has 1 aromatic heterocycles. The molecule has 0 spiro atoms. The van der Waals surface area contributed by atoms with Crippen LogP contribution in [0, 0.1) is 0 Å². The van der Waals surface area contributed by atoms with Gasteiger partial charge in [0.15, 0.2) is 16.8 Å². The van der Waals surface area contributed by atoms with Crippen molar-refractivity contribution in [1.29, 1.82) is 0 Å². The van der Waals surface area contributed by atoms with E-state index in [4.69, 9.17) is 0 Å². The molecule has 0 saturated carbocycles. The molecule has 0 aliphatic carbocycles. The van der Waals surface area contributed by atoms with Crippen LogP contribution in [0.25, 0.3) is 22.5 Å². The summed E-state index contributed by atoms with van der Waals surface area (Å²) in [6.07, 6.45) is 3.39. The van der Waals surface area contributed by atoms with Gasteiger partial charge in [-0.1, -0.05) is 80.1 Å². The van der Waals surface area contributed by atoms with Crippen molar-refractivity contribution >= 4 is 22.7 Å². The van der Waals surface area contributed by atoms with Crippen LogP contribution in [0.3, 0.4) is 0 Å². The molecule has 0 radical (unpaired) electrons. The second-order valence-corrected chi connectivity index (χ2v) is 8.93. The zero-order valence-corrected chi connectivity index (χ0v) is 19.1. The smallest absolute Gasteiger partial charge is 0.180 e. The van der Waals surface area contributed by atoms with Crippen LogP contribution in [-0.4, -0.2) is 48.5 Å². The van der Waals surface area contributed by atoms with Crippen LogP contribution in [0.15, 0.2) is 53.5 Å². The molecule has 3 aromatic rings. The van der Waals surface area contributed by atoms with E-state index in [9.17, 15) is 4.79 Å². The normalized spacial score (nSPS) is 17.2. The van der Waals surface area contributed by atoms with Gasteiger partial charge < -0.3 is 0 Å². The number of aliphatic imine (C=N–C) groups is 1. The number of hydrazine groups is 1. The maximum Gasteiger partial charge on any atom is 0.180 e. The Kier molecular flexibility index (Phi) is 7.28. The molecule has 1 unspecified atom stereocenters. The first-order valence-electron chi connectivity index (χ1n) is 10.8. The highest BCUT2D eigenvalue weighted by molar-refractivity contribution is 8.14. The molecule has 1 saturated heterocycles. The number of amidine groups is 1. The third-order valence-corrected chi connectivity index (χ3v) is 6.35. The first kappa shape index (κ1) is 22.2. The van der Waals surface area contributed by atoms with Crippen LogP contribution in [0.5, 0.6) is 0 Å². The second-order valence-electron chi connectivity index (χ2n) is 7.76. The molecule has 8 nitrogen and oxygen atoms in total. The molecule has 166 valence electrons. The summed E-state index contributed by atoms with van der Waals surface area (Å²) < 4.78 is 0. The Morgan fingerprint density at radius 2 is 1.94 bits per heavy atom. The van der Waals surface area contributed by atoms with E-state index in [-0.39, 0.29) is 12.3 Å². The monoisotopic (exact) mass is 449 g/mol. The maximum absolute atomic E-state index is 11.4. The number of ketones is 1. The minimum Gasteiger partial charge on any atom is -0.298 e. The minimum atomic E-state index is 0.0695. The number of nitrogens with one attached hydrogen (secondary N) is 2. The van der Waals surface area contributed by atoms with Gasteiger partial charge >= 0.3 is 0 Å². The van der Waals surface area contributed by atoms with Crippen LogP contribution in [0.2, 0.25) is 0 Å². The number of unbranched alkanes of at least 4 members (excludes halogenated alkanes) is 1. The average Bonchev–Trinajstić information content (AvgIpc) is 3.47. The van der Waals surface area contributed by atoms with Gasteiger partial charge in [0.1, 0.15) is 6.54 Å². The van der Waals surface area contributed by atoms with Crippen LogP contribution < -0.4 is 5.43 Å². The number of benzene rings is 2. The Bertz CT molecular complexity index is 1070. The summed E-state index contributed by atoms with van der Waals surface area (Å²) in [5, 5.41) is 17.5. The lowest BCUT2D eigenvalue weighted by atomic mass is 9.98. The standard InChI is InChI=1S/C23H27N7OS/c1-3-4-9-21-27-30(23(32-21)24-14-16(2)31)15-17-10-12-18(13-11-17)19-7-5-6-8-20(19)22-25-28-29-26-22/h5-8,10-13,21,27H,3-4,9,14-15H2,1-2H3,(H,25,26,28,29). The number of nitrogens with zero attached hydrogens (tertiary/aromatic N) is 5. The second kappa shape index (κ2) is 10.5. The van der Waals surface area contributed by atoms with Crippen molar-refractivity contribution in [3.8, 4) is 22.5 Å². The molecule has 9 heteroatoms. The lowest BCUT2D eigenvalue weighted by molar-refractivity contribution is -0.115. The molecule has 0 amide bonds. The SMILES string of the molecule is CCCCC1NN(Cc2ccc(-c3ccccc3-c3nnn[nH]3)cc2)C(=NCC(C)=O)S1. The molecule has 1 aliphatic heterocycles. The maximum atomic E-state index is 11.4. The summed E-state index contributed by atoms with van der Waals surface area (Å²) in [7, 11) is 0. The van der Waals surface area contributed by atoms with Gasteiger partial charge in [0.05, 0.1) is 11.9 Å². The number of H-pyrrole nitrogens is 1. The number of carbonyl (C=O) groups excluding carboxylic acids is 1. The molecule has 2 N–H and O–H groups in total. The Morgan fingerprint density at radius 3 is 2.62 bits per heavy atom.